The smallest absolute Gasteiger partial charge is 0.407 e. The van der Waals surface area contributed by atoms with E-state index >= 15 is 0 Å². The number of nitrogens with one attached hydrogen (secondary N) is 2. The Hall–Kier alpha value is -1.52. The highest BCUT2D eigenvalue weighted by Crippen LogP contribution is 2.26. The first-order chi connectivity index (χ1) is 8.31. The van der Waals surface area contributed by atoms with Crippen LogP contribution < -0.4 is 10.6 Å². The highest BCUT2D eigenvalue weighted by Gasteiger charge is 2.32. The van der Waals surface area contributed by atoms with Crippen molar-refractivity contribution < 1.29 is 14.3 Å². The van der Waals surface area contributed by atoms with Crippen molar-refractivity contribution in [3.63, 3.8) is 0 Å². The first-order valence-corrected chi connectivity index (χ1v) is 6.21. The van der Waals surface area contributed by atoms with Gasteiger partial charge in [0.15, 0.2) is 0 Å². The summed E-state index contributed by atoms with van der Waals surface area (Å²) in [5.41, 5.74) is -0.486. The Balaban J connectivity index is 2.25. The maximum atomic E-state index is 11.5. The van der Waals surface area contributed by atoms with Gasteiger partial charge in [-0.3, -0.25) is 4.79 Å². The van der Waals surface area contributed by atoms with E-state index in [4.69, 9.17) is 4.74 Å². The fourth-order valence-corrected chi connectivity index (χ4v) is 1.77. The molecular weight excluding hydrogens is 232 g/mol. The fourth-order valence-electron chi connectivity index (χ4n) is 1.77. The predicted octanol–water partition coefficient (Wildman–Crippen LogP) is 1.59. The second kappa shape index (κ2) is 5.89. The van der Waals surface area contributed by atoms with Gasteiger partial charge in [-0.1, -0.05) is 6.58 Å². The molecular formula is C13H22N2O3. The highest BCUT2D eigenvalue weighted by molar-refractivity contribution is 5.87. The second-order valence-corrected chi connectivity index (χ2v) is 5.54. The normalized spacial score (nSPS) is 22.6. The van der Waals surface area contributed by atoms with Crippen LogP contribution in [0.25, 0.3) is 0 Å². The molecule has 0 bridgehead atoms. The lowest BCUT2D eigenvalue weighted by Crippen LogP contribution is -2.50. The average molecular weight is 254 g/mol. The Morgan fingerprint density at radius 2 is 2.06 bits per heavy atom. The summed E-state index contributed by atoms with van der Waals surface area (Å²) >= 11 is 0. The Bertz CT molecular complexity index is 334. The fraction of sp³-hybridized carbons (Fsp3) is 0.692. The van der Waals surface area contributed by atoms with Crippen molar-refractivity contribution in [1.82, 2.24) is 10.6 Å². The molecule has 1 saturated carbocycles. The van der Waals surface area contributed by atoms with E-state index in [0.717, 1.165) is 12.8 Å². The number of amides is 2. The largest absolute Gasteiger partial charge is 0.444 e. The minimum atomic E-state index is -0.486. The molecule has 1 aliphatic rings. The lowest BCUT2D eigenvalue weighted by atomic mass is 9.79. The quantitative estimate of drug-likeness (QED) is 0.749. The standard InChI is InChI=1S/C13H22N2O3/c1-5-11(16)15-10-7-6-9(10)8-14-12(17)18-13(2,3)4/h5,9-10H,1,6-8H2,2-4H3,(H,14,17)(H,15,16)/t9-,10+/m0/s1. The van der Waals surface area contributed by atoms with Gasteiger partial charge in [-0.05, 0) is 45.6 Å². The topological polar surface area (TPSA) is 67.4 Å². The molecule has 0 radical (unpaired) electrons. The molecule has 1 fully saturated rings. The van der Waals surface area contributed by atoms with Crippen LogP contribution in [0.15, 0.2) is 12.7 Å². The van der Waals surface area contributed by atoms with Crippen LogP contribution in [-0.4, -0.2) is 30.2 Å². The summed E-state index contributed by atoms with van der Waals surface area (Å²) in [6.45, 7) is 9.40. The number of carbonyl (C=O) groups excluding carboxylic acids is 2. The number of carbonyl (C=O) groups is 2. The van der Waals surface area contributed by atoms with Crippen LogP contribution in [0.4, 0.5) is 4.79 Å². The minimum Gasteiger partial charge on any atom is -0.444 e. The average Bonchev–Trinajstić information content (AvgIpc) is 2.21. The minimum absolute atomic E-state index is 0.130. The van der Waals surface area contributed by atoms with E-state index in [-0.39, 0.29) is 17.9 Å². The van der Waals surface area contributed by atoms with Gasteiger partial charge in [-0.15, -0.1) is 0 Å². The van der Waals surface area contributed by atoms with Gasteiger partial charge >= 0.3 is 6.09 Å². The van der Waals surface area contributed by atoms with Crippen molar-refractivity contribution in [2.45, 2.75) is 45.3 Å². The van der Waals surface area contributed by atoms with E-state index in [1.165, 1.54) is 6.08 Å². The van der Waals surface area contributed by atoms with Crippen molar-refractivity contribution in [3.05, 3.63) is 12.7 Å². The summed E-state index contributed by atoms with van der Waals surface area (Å²) in [5.74, 6) is 0.114. The molecule has 1 aliphatic carbocycles. The third kappa shape index (κ3) is 4.77. The van der Waals surface area contributed by atoms with Crippen molar-refractivity contribution in [3.8, 4) is 0 Å². The summed E-state index contributed by atoms with van der Waals surface area (Å²) in [4.78, 5) is 22.6. The van der Waals surface area contributed by atoms with E-state index in [2.05, 4.69) is 17.2 Å². The molecule has 0 spiro atoms. The number of hydrogen-bond acceptors (Lipinski definition) is 3. The monoisotopic (exact) mass is 254 g/mol. The van der Waals surface area contributed by atoms with Crippen molar-refractivity contribution in [2.75, 3.05) is 6.54 Å². The van der Waals surface area contributed by atoms with Gasteiger partial charge in [-0.2, -0.15) is 0 Å². The van der Waals surface area contributed by atoms with Crippen LogP contribution >= 0.6 is 0 Å². The van der Waals surface area contributed by atoms with Gasteiger partial charge in [0.05, 0.1) is 0 Å². The molecule has 0 aliphatic heterocycles. The van der Waals surface area contributed by atoms with E-state index in [1.807, 2.05) is 20.8 Å². The van der Waals surface area contributed by atoms with Crippen LogP contribution in [0.5, 0.6) is 0 Å². The lowest BCUT2D eigenvalue weighted by molar-refractivity contribution is -0.118. The summed E-state index contributed by atoms with van der Waals surface area (Å²) < 4.78 is 5.14. The van der Waals surface area contributed by atoms with Crippen molar-refractivity contribution in [1.29, 1.82) is 0 Å². The van der Waals surface area contributed by atoms with Gasteiger partial charge in [0.1, 0.15) is 5.60 Å². The van der Waals surface area contributed by atoms with Crippen LogP contribution in [0.2, 0.25) is 0 Å². The van der Waals surface area contributed by atoms with Crippen LogP contribution in [-0.2, 0) is 9.53 Å². The molecule has 0 unspecified atom stereocenters. The maximum Gasteiger partial charge on any atom is 0.407 e. The summed E-state index contributed by atoms with van der Waals surface area (Å²) in [6, 6.07) is 0.130. The Kier molecular flexibility index (Phi) is 4.76. The molecule has 0 saturated heterocycles. The molecule has 0 aromatic carbocycles. The van der Waals surface area contributed by atoms with Gasteiger partial charge in [0, 0.05) is 12.6 Å². The molecule has 5 nitrogen and oxygen atoms in total. The molecule has 18 heavy (non-hydrogen) atoms. The van der Waals surface area contributed by atoms with Crippen LogP contribution in [0.3, 0.4) is 0 Å². The third-order valence-electron chi connectivity index (χ3n) is 2.84. The van der Waals surface area contributed by atoms with Gasteiger partial charge < -0.3 is 15.4 Å². The Labute approximate surface area is 108 Å². The number of rotatable bonds is 4. The predicted molar refractivity (Wildman–Crippen MR) is 69.1 cm³/mol. The molecule has 2 N–H and O–H groups in total. The molecule has 5 heteroatoms. The van der Waals surface area contributed by atoms with Gasteiger partial charge in [0.2, 0.25) is 5.91 Å². The zero-order valence-electron chi connectivity index (χ0n) is 11.3. The summed E-state index contributed by atoms with van der Waals surface area (Å²) in [7, 11) is 0. The molecule has 2 atom stereocenters. The second-order valence-electron chi connectivity index (χ2n) is 5.54. The highest BCUT2D eigenvalue weighted by atomic mass is 16.6. The first-order valence-electron chi connectivity index (χ1n) is 6.21. The van der Waals surface area contributed by atoms with E-state index in [1.54, 1.807) is 0 Å². The third-order valence-corrected chi connectivity index (χ3v) is 2.84. The molecule has 2 amide bonds. The Morgan fingerprint density at radius 3 is 2.50 bits per heavy atom. The van der Waals surface area contributed by atoms with Gasteiger partial charge in [-0.25, -0.2) is 4.79 Å². The molecule has 0 aromatic rings. The van der Waals surface area contributed by atoms with Crippen LogP contribution in [0, 0.1) is 5.92 Å². The molecule has 1 rings (SSSR count). The zero-order valence-corrected chi connectivity index (χ0v) is 11.3. The summed E-state index contributed by atoms with van der Waals surface area (Å²) in [5, 5.41) is 5.56. The van der Waals surface area contributed by atoms with Crippen LogP contribution in [0.1, 0.15) is 33.6 Å². The van der Waals surface area contributed by atoms with E-state index in [0.29, 0.717) is 6.54 Å². The van der Waals surface area contributed by atoms with Gasteiger partial charge in [0.25, 0.3) is 0 Å². The number of ether oxygens (including phenoxy) is 1. The van der Waals surface area contributed by atoms with Crippen molar-refractivity contribution in [2.24, 2.45) is 5.92 Å². The molecule has 0 aromatic heterocycles. The molecule has 102 valence electrons. The maximum absolute atomic E-state index is 11.5. The lowest BCUT2D eigenvalue weighted by Gasteiger charge is -2.37. The van der Waals surface area contributed by atoms with E-state index < -0.39 is 11.7 Å². The molecule has 0 heterocycles. The summed E-state index contributed by atoms with van der Waals surface area (Å²) in [6.07, 6.45) is 2.79. The Morgan fingerprint density at radius 1 is 1.39 bits per heavy atom. The number of hydrogen-bond donors (Lipinski definition) is 2. The number of alkyl carbamates (subject to hydrolysis) is 1. The zero-order chi connectivity index (χ0) is 13.8. The first kappa shape index (κ1) is 14.5. The van der Waals surface area contributed by atoms with E-state index in [9.17, 15) is 9.59 Å². The SMILES string of the molecule is C=CC(=O)N[C@@H]1CC[C@H]1CNC(=O)OC(C)(C)C. The van der Waals surface area contributed by atoms with Crippen molar-refractivity contribution >= 4 is 12.0 Å².